The number of hydrogen-bond acceptors (Lipinski definition) is 2. The molecule has 0 fully saturated rings. The molecule has 3 rings (SSSR count). The molecule has 3 aromatic rings. The molecule has 2 nitrogen and oxygen atoms in total. The maximum absolute atomic E-state index is 5.99. The number of rotatable bonds is 11. The SMILES string of the molecule is CCC(=C(Cc1ccccc1)c1ccccc1)c1ccc(OCCN(CC)CC)cc1. The zero-order valence-corrected chi connectivity index (χ0v) is 19.2. The smallest absolute Gasteiger partial charge is 0.119 e. The molecule has 2 heteroatoms. The van der Waals surface area contributed by atoms with Crippen LogP contribution in [0.5, 0.6) is 5.75 Å². The van der Waals surface area contributed by atoms with Crippen LogP contribution >= 0.6 is 0 Å². The molecule has 0 aliphatic heterocycles. The number of allylic oxidation sites excluding steroid dienone is 2. The highest BCUT2D eigenvalue weighted by molar-refractivity contribution is 5.91. The van der Waals surface area contributed by atoms with Crippen molar-refractivity contribution in [2.75, 3.05) is 26.2 Å². The summed E-state index contributed by atoms with van der Waals surface area (Å²) in [5.74, 6) is 0.940. The minimum absolute atomic E-state index is 0.723. The number of nitrogens with zero attached hydrogens (tertiary/aromatic N) is 1. The van der Waals surface area contributed by atoms with Crippen LogP contribution < -0.4 is 4.74 Å². The van der Waals surface area contributed by atoms with Gasteiger partial charge in [0.05, 0.1) is 0 Å². The van der Waals surface area contributed by atoms with Crippen molar-refractivity contribution in [1.82, 2.24) is 4.90 Å². The quantitative estimate of drug-likeness (QED) is 0.315. The number of ether oxygens (including phenoxy) is 1. The molecule has 0 radical (unpaired) electrons. The fraction of sp³-hybridized carbons (Fsp3) is 0.310. The van der Waals surface area contributed by atoms with E-state index in [1.54, 1.807) is 0 Å². The van der Waals surface area contributed by atoms with Crippen molar-refractivity contribution in [3.8, 4) is 5.75 Å². The lowest BCUT2D eigenvalue weighted by Crippen LogP contribution is -2.27. The molecule has 0 bridgehead atoms. The van der Waals surface area contributed by atoms with E-state index in [4.69, 9.17) is 4.74 Å². The molecule has 0 aliphatic rings. The zero-order valence-electron chi connectivity index (χ0n) is 19.2. The topological polar surface area (TPSA) is 12.5 Å². The van der Waals surface area contributed by atoms with Gasteiger partial charge in [0, 0.05) is 6.54 Å². The molecule has 0 aromatic heterocycles. The summed E-state index contributed by atoms with van der Waals surface area (Å²) in [6, 6.07) is 30.1. The van der Waals surface area contributed by atoms with Crippen LogP contribution in [0.4, 0.5) is 0 Å². The zero-order chi connectivity index (χ0) is 21.9. The monoisotopic (exact) mass is 413 g/mol. The van der Waals surface area contributed by atoms with Crippen LogP contribution in [0.3, 0.4) is 0 Å². The van der Waals surface area contributed by atoms with Gasteiger partial charge < -0.3 is 9.64 Å². The molecule has 0 N–H and O–H groups in total. The second kappa shape index (κ2) is 12.1. The molecule has 0 aliphatic carbocycles. The second-order valence-electron chi connectivity index (χ2n) is 7.74. The van der Waals surface area contributed by atoms with E-state index in [9.17, 15) is 0 Å². The van der Waals surface area contributed by atoms with Crippen molar-refractivity contribution in [3.05, 3.63) is 102 Å². The number of likely N-dealkylation sites (N-methyl/N-ethyl adjacent to an activating group) is 1. The van der Waals surface area contributed by atoms with Crippen LogP contribution in [-0.2, 0) is 6.42 Å². The van der Waals surface area contributed by atoms with Gasteiger partial charge in [0.25, 0.3) is 0 Å². The Balaban J connectivity index is 1.85. The summed E-state index contributed by atoms with van der Waals surface area (Å²) in [5.41, 5.74) is 6.69. The summed E-state index contributed by atoms with van der Waals surface area (Å²) < 4.78 is 5.99. The van der Waals surface area contributed by atoms with E-state index in [0.29, 0.717) is 0 Å². The Morgan fingerprint density at radius 2 is 1.26 bits per heavy atom. The number of benzene rings is 3. The van der Waals surface area contributed by atoms with E-state index in [1.807, 2.05) is 0 Å². The Labute approximate surface area is 188 Å². The van der Waals surface area contributed by atoms with Gasteiger partial charge in [0.2, 0.25) is 0 Å². The van der Waals surface area contributed by atoms with Gasteiger partial charge in [-0.25, -0.2) is 0 Å². The van der Waals surface area contributed by atoms with Gasteiger partial charge in [-0.2, -0.15) is 0 Å². The van der Waals surface area contributed by atoms with Gasteiger partial charge in [-0.05, 0) is 65.9 Å². The van der Waals surface area contributed by atoms with Crippen LogP contribution in [-0.4, -0.2) is 31.1 Å². The molecule has 0 spiro atoms. The fourth-order valence-corrected chi connectivity index (χ4v) is 4.00. The summed E-state index contributed by atoms with van der Waals surface area (Å²) in [7, 11) is 0. The van der Waals surface area contributed by atoms with Crippen molar-refractivity contribution in [2.24, 2.45) is 0 Å². The van der Waals surface area contributed by atoms with Crippen LogP contribution in [0, 0.1) is 0 Å². The Morgan fingerprint density at radius 3 is 1.84 bits per heavy atom. The summed E-state index contributed by atoms with van der Waals surface area (Å²) >= 11 is 0. The molecule has 0 saturated carbocycles. The van der Waals surface area contributed by atoms with Crippen molar-refractivity contribution >= 4 is 11.1 Å². The first-order valence-corrected chi connectivity index (χ1v) is 11.5. The first-order valence-electron chi connectivity index (χ1n) is 11.5. The van der Waals surface area contributed by atoms with Crippen molar-refractivity contribution in [2.45, 2.75) is 33.6 Å². The molecule has 31 heavy (non-hydrogen) atoms. The first-order chi connectivity index (χ1) is 15.2. The van der Waals surface area contributed by atoms with Gasteiger partial charge in [0.1, 0.15) is 12.4 Å². The van der Waals surface area contributed by atoms with Gasteiger partial charge in [-0.15, -0.1) is 0 Å². The van der Waals surface area contributed by atoms with E-state index in [1.165, 1.54) is 27.8 Å². The molecular weight excluding hydrogens is 378 g/mol. The van der Waals surface area contributed by atoms with Crippen LogP contribution in [0.1, 0.15) is 43.9 Å². The number of hydrogen-bond donors (Lipinski definition) is 0. The summed E-state index contributed by atoms with van der Waals surface area (Å²) in [5, 5.41) is 0. The van der Waals surface area contributed by atoms with Crippen molar-refractivity contribution in [1.29, 1.82) is 0 Å². The highest BCUT2D eigenvalue weighted by atomic mass is 16.5. The largest absolute Gasteiger partial charge is 0.492 e. The molecule has 0 amide bonds. The maximum atomic E-state index is 5.99. The Bertz CT molecular complexity index is 925. The standard InChI is InChI=1S/C29H35NO/c1-4-28(26-17-19-27(20-18-26)31-22-21-30(5-2)6-3)29(25-15-11-8-12-16-25)23-24-13-9-7-10-14-24/h7-20H,4-6,21-23H2,1-3H3. The minimum Gasteiger partial charge on any atom is -0.492 e. The van der Waals surface area contributed by atoms with Gasteiger partial charge >= 0.3 is 0 Å². The molecular formula is C29H35NO. The Morgan fingerprint density at radius 1 is 0.677 bits per heavy atom. The lowest BCUT2D eigenvalue weighted by atomic mass is 9.89. The van der Waals surface area contributed by atoms with Gasteiger partial charge in [0.15, 0.2) is 0 Å². The highest BCUT2D eigenvalue weighted by Crippen LogP contribution is 2.32. The maximum Gasteiger partial charge on any atom is 0.119 e. The van der Waals surface area contributed by atoms with Crippen LogP contribution in [0.25, 0.3) is 11.1 Å². The third-order valence-corrected chi connectivity index (χ3v) is 5.84. The predicted molar refractivity (Wildman–Crippen MR) is 133 cm³/mol. The first kappa shape index (κ1) is 22.8. The molecule has 0 saturated heterocycles. The highest BCUT2D eigenvalue weighted by Gasteiger charge is 2.12. The van der Waals surface area contributed by atoms with Crippen LogP contribution in [0.2, 0.25) is 0 Å². The minimum atomic E-state index is 0.723. The normalized spacial score (nSPS) is 12.0. The van der Waals surface area contributed by atoms with Gasteiger partial charge in [-0.3, -0.25) is 0 Å². The lowest BCUT2D eigenvalue weighted by Gasteiger charge is -2.18. The van der Waals surface area contributed by atoms with E-state index in [0.717, 1.165) is 44.8 Å². The third kappa shape index (κ3) is 6.57. The summed E-state index contributed by atoms with van der Waals surface area (Å²) in [6.07, 6.45) is 1.91. The molecule has 162 valence electrons. The van der Waals surface area contributed by atoms with E-state index in [2.05, 4.69) is 111 Å². The molecule has 0 heterocycles. The third-order valence-electron chi connectivity index (χ3n) is 5.84. The lowest BCUT2D eigenvalue weighted by molar-refractivity contribution is 0.223. The second-order valence-corrected chi connectivity index (χ2v) is 7.74. The van der Waals surface area contributed by atoms with Crippen LogP contribution in [0.15, 0.2) is 84.9 Å². The van der Waals surface area contributed by atoms with Gasteiger partial charge in [-0.1, -0.05) is 93.6 Å². The summed E-state index contributed by atoms with van der Waals surface area (Å²) in [4.78, 5) is 2.38. The van der Waals surface area contributed by atoms with Crippen molar-refractivity contribution < 1.29 is 4.74 Å². The molecule has 0 unspecified atom stereocenters. The van der Waals surface area contributed by atoms with Crippen molar-refractivity contribution in [3.63, 3.8) is 0 Å². The van der Waals surface area contributed by atoms with E-state index >= 15 is 0 Å². The fourth-order valence-electron chi connectivity index (χ4n) is 4.00. The Hall–Kier alpha value is -2.84. The molecule has 3 aromatic carbocycles. The summed E-state index contributed by atoms with van der Waals surface area (Å²) in [6.45, 7) is 10.4. The average Bonchev–Trinajstić information content (AvgIpc) is 2.84. The van der Waals surface area contributed by atoms with E-state index in [-0.39, 0.29) is 0 Å². The van der Waals surface area contributed by atoms with E-state index < -0.39 is 0 Å². The average molecular weight is 414 g/mol. The predicted octanol–water partition coefficient (Wildman–Crippen LogP) is 6.97. The molecule has 0 atom stereocenters. The Kier molecular flexibility index (Phi) is 8.93.